The van der Waals surface area contributed by atoms with Crippen molar-refractivity contribution in [3.8, 4) is 0 Å². The van der Waals surface area contributed by atoms with Gasteiger partial charge in [0.25, 0.3) is 0 Å². The van der Waals surface area contributed by atoms with Crippen LogP contribution in [0.4, 0.5) is 5.82 Å². The molecule has 5 nitrogen and oxygen atoms in total. The van der Waals surface area contributed by atoms with E-state index in [2.05, 4.69) is 31.2 Å². The summed E-state index contributed by atoms with van der Waals surface area (Å²) < 4.78 is 5.37. The second kappa shape index (κ2) is 6.65. The molecule has 0 fully saturated rings. The first-order chi connectivity index (χ1) is 7.65. The quantitative estimate of drug-likeness (QED) is 0.668. The Bertz CT molecular complexity index is 376. The summed E-state index contributed by atoms with van der Waals surface area (Å²) in [5.74, 6) is 0.315. The van der Waals surface area contributed by atoms with Gasteiger partial charge in [-0.25, -0.2) is 9.97 Å². The molecule has 7 heteroatoms. The predicted octanol–water partition coefficient (Wildman–Crippen LogP) is 2.26. The van der Waals surface area contributed by atoms with Crippen molar-refractivity contribution < 1.29 is 9.53 Å². The molecule has 0 saturated heterocycles. The summed E-state index contributed by atoms with van der Waals surface area (Å²) in [7, 11) is 0. The van der Waals surface area contributed by atoms with Gasteiger partial charge in [0.15, 0.2) is 0 Å². The monoisotopic (exact) mass is 307 g/mol. The third kappa shape index (κ3) is 3.94. The van der Waals surface area contributed by atoms with Crippen molar-refractivity contribution in [3.63, 3.8) is 0 Å². The molecule has 0 aliphatic heterocycles. The fourth-order valence-electron chi connectivity index (χ4n) is 0.988. The van der Waals surface area contributed by atoms with E-state index in [0.717, 1.165) is 0 Å². The van der Waals surface area contributed by atoms with Gasteiger partial charge in [0.1, 0.15) is 17.3 Å². The third-order valence-electron chi connectivity index (χ3n) is 1.67. The molecule has 0 radical (unpaired) electrons. The lowest BCUT2D eigenvalue weighted by Crippen LogP contribution is -2.12. The molecule has 0 unspecified atom stereocenters. The molecule has 0 atom stereocenters. The molecular weight excluding hydrogens is 297 g/mol. The van der Waals surface area contributed by atoms with Crippen LogP contribution >= 0.6 is 27.5 Å². The van der Waals surface area contributed by atoms with Crippen LogP contribution in [-0.4, -0.2) is 29.1 Å². The second-order valence-electron chi connectivity index (χ2n) is 2.81. The highest BCUT2D eigenvalue weighted by atomic mass is 79.9. The summed E-state index contributed by atoms with van der Waals surface area (Å²) in [4.78, 5) is 18.8. The van der Waals surface area contributed by atoms with Crippen molar-refractivity contribution in [1.82, 2.24) is 9.97 Å². The van der Waals surface area contributed by atoms with Gasteiger partial charge in [-0.2, -0.15) is 0 Å². The molecule has 1 heterocycles. The van der Waals surface area contributed by atoms with E-state index in [9.17, 15) is 4.79 Å². The van der Waals surface area contributed by atoms with E-state index < -0.39 is 0 Å². The lowest BCUT2D eigenvalue weighted by Gasteiger charge is -2.07. The van der Waals surface area contributed by atoms with E-state index in [0.29, 0.717) is 28.6 Å². The first-order valence-corrected chi connectivity index (χ1v) is 5.87. The molecule has 0 aliphatic rings. The van der Waals surface area contributed by atoms with Crippen LogP contribution in [0.15, 0.2) is 10.8 Å². The topological polar surface area (TPSA) is 64.1 Å². The molecule has 0 aliphatic carbocycles. The van der Waals surface area contributed by atoms with Gasteiger partial charge >= 0.3 is 5.97 Å². The van der Waals surface area contributed by atoms with Gasteiger partial charge in [-0.3, -0.25) is 4.79 Å². The molecule has 0 saturated carbocycles. The number of rotatable bonds is 5. The summed E-state index contributed by atoms with van der Waals surface area (Å²) in [5, 5.41) is 3.29. The van der Waals surface area contributed by atoms with E-state index in [1.807, 2.05) is 0 Å². The second-order valence-corrected chi connectivity index (χ2v) is 3.96. The Morgan fingerprint density at radius 2 is 2.38 bits per heavy atom. The molecule has 88 valence electrons. The average Bonchev–Trinajstić information content (AvgIpc) is 2.25. The molecule has 0 bridgehead atoms. The summed E-state index contributed by atoms with van der Waals surface area (Å²) >= 11 is 9.02. The number of esters is 1. The normalized spacial score (nSPS) is 9.94. The number of carbonyl (C=O) groups is 1. The van der Waals surface area contributed by atoms with Crippen LogP contribution in [0, 0.1) is 0 Å². The van der Waals surface area contributed by atoms with Gasteiger partial charge in [-0.15, -0.1) is 0 Å². The zero-order valence-electron chi connectivity index (χ0n) is 8.67. The van der Waals surface area contributed by atoms with Crippen LogP contribution in [0.5, 0.6) is 0 Å². The number of anilines is 1. The number of halogens is 2. The van der Waals surface area contributed by atoms with Gasteiger partial charge in [0.05, 0.1) is 17.5 Å². The highest BCUT2D eigenvalue weighted by Gasteiger charge is 2.07. The summed E-state index contributed by atoms with van der Waals surface area (Å²) in [6, 6.07) is 0. The number of nitrogens with zero attached hydrogens (tertiary/aromatic N) is 2. The smallest absolute Gasteiger partial charge is 0.307 e. The Kier molecular flexibility index (Phi) is 5.48. The van der Waals surface area contributed by atoms with Crippen LogP contribution in [0.2, 0.25) is 5.15 Å². The van der Waals surface area contributed by atoms with E-state index in [1.165, 1.54) is 6.33 Å². The number of nitrogens with one attached hydrogen (secondary N) is 1. The van der Waals surface area contributed by atoms with Gasteiger partial charge < -0.3 is 10.1 Å². The van der Waals surface area contributed by atoms with Crippen LogP contribution < -0.4 is 5.32 Å². The number of carbonyl (C=O) groups excluding carboxylic acids is 1. The number of hydrogen-bond donors (Lipinski definition) is 1. The average molecular weight is 309 g/mol. The predicted molar refractivity (Wildman–Crippen MR) is 64.5 cm³/mol. The molecule has 0 spiro atoms. The van der Waals surface area contributed by atoms with Gasteiger partial charge in [-0.1, -0.05) is 11.6 Å². The molecular formula is C9H11BrClN3O2. The van der Waals surface area contributed by atoms with Crippen LogP contribution in [-0.2, 0) is 9.53 Å². The Labute approximate surface area is 107 Å². The lowest BCUT2D eigenvalue weighted by atomic mass is 10.4. The van der Waals surface area contributed by atoms with Gasteiger partial charge in [0.2, 0.25) is 0 Å². The summed E-state index contributed by atoms with van der Waals surface area (Å²) in [6.07, 6.45) is 1.63. The molecule has 1 N–H and O–H groups in total. The van der Waals surface area contributed by atoms with E-state index >= 15 is 0 Å². The maximum absolute atomic E-state index is 11.1. The molecule has 1 aromatic rings. The van der Waals surface area contributed by atoms with Crippen molar-refractivity contribution >= 4 is 39.3 Å². The zero-order chi connectivity index (χ0) is 12.0. The number of aromatic nitrogens is 2. The number of hydrogen-bond acceptors (Lipinski definition) is 5. The van der Waals surface area contributed by atoms with Crippen molar-refractivity contribution in [2.75, 3.05) is 18.5 Å². The Morgan fingerprint density at radius 3 is 3.06 bits per heavy atom. The molecule has 0 aromatic carbocycles. The molecule has 1 aromatic heterocycles. The van der Waals surface area contributed by atoms with Crippen LogP contribution in [0.25, 0.3) is 0 Å². The number of ether oxygens (including phenoxy) is 1. The maximum atomic E-state index is 11.1. The van der Waals surface area contributed by atoms with Gasteiger partial charge in [0, 0.05) is 6.54 Å². The van der Waals surface area contributed by atoms with Crippen LogP contribution in [0.1, 0.15) is 13.3 Å². The van der Waals surface area contributed by atoms with E-state index in [4.69, 9.17) is 16.3 Å². The largest absolute Gasteiger partial charge is 0.466 e. The Morgan fingerprint density at radius 1 is 1.62 bits per heavy atom. The maximum Gasteiger partial charge on any atom is 0.307 e. The Balaban J connectivity index is 2.43. The molecule has 1 rings (SSSR count). The molecule has 16 heavy (non-hydrogen) atoms. The standard InChI is InChI=1S/C9H11BrClN3O2/c1-2-16-6(15)3-4-12-9-7(10)8(11)13-5-14-9/h5H,2-4H2,1H3,(H,12,13,14). The van der Waals surface area contributed by atoms with Gasteiger partial charge in [-0.05, 0) is 22.9 Å². The lowest BCUT2D eigenvalue weighted by molar-refractivity contribution is -0.142. The minimum atomic E-state index is -0.244. The van der Waals surface area contributed by atoms with Crippen molar-refractivity contribution in [2.45, 2.75) is 13.3 Å². The highest BCUT2D eigenvalue weighted by Crippen LogP contribution is 2.25. The molecule has 0 amide bonds. The van der Waals surface area contributed by atoms with Crippen molar-refractivity contribution in [3.05, 3.63) is 16.0 Å². The first kappa shape index (κ1) is 13.2. The fraction of sp³-hybridized carbons (Fsp3) is 0.444. The van der Waals surface area contributed by atoms with E-state index in [-0.39, 0.29) is 12.4 Å². The third-order valence-corrected chi connectivity index (χ3v) is 2.94. The minimum Gasteiger partial charge on any atom is -0.466 e. The Hall–Kier alpha value is -0.880. The van der Waals surface area contributed by atoms with E-state index in [1.54, 1.807) is 6.92 Å². The minimum absolute atomic E-state index is 0.244. The summed E-state index contributed by atoms with van der Waals surface area (Å²) in [6.45, 7) is 2.60. The van der Waals surface area contributed by atoms with Crippen molar-refractivity contribution in [2.24, 2.45) is 0 Å². The SMILES string of the molecule is CCOC(=O)CCNc1ncnc(Cl)c1Br. The van der Waals surface area contributed by atoms with Crippen molar-refractivity contribution in [1.29, 1.82) is 0 Å². The fourth-order valence-corrected chi connectivity index (χ4v) is 1.47. The van der Waals surface area contributed by atoms with Crippen LogP contribution in [0.3, 0.4) is 0 Å². The highest BCUT2D eigenvalue weighted by molar-refractivity contribution is 9.10. The zero-order valence-corrected chi connectivity index (χ0v) is 11.0. The first-order valence-electron chi connectivity index (χ1n) is 4.70. The summed E-state index contributed by atoms with van der Waals surface area (Å²) in [5.41, 5.74) is 0.